The third-order valence-electron chi connectivity index (χ3n) is 2.88. The lowest BCUT2D eigenvalue weighted by Gasteiger charge is -2.10. The maximum atomic E-state index is 5.79. The van der Waals surface area contributed by atoms with Crippen molar-refractivity contribution in [1.29, 1.82) is 0 Å². The van der Waals surface area contributed by atoms with Gasteiger partial charge in [-0.25, -0.2) is 9.97 Å². The van der Waals surface area contributed by atoms with Crippen molar-refractivity contribution in [2.24, 2.45) is 5.73 Å². The molecule has 0 spiro atoms. The van der Waals surface area contributed by atoms with Gasteiger partial charge in [-0.05, 0) is 12.1 Å². The van der Waals surface area contributed by atoms with E-state index in [4.69, 9.17) is 18.0 Å². The molecule has 3 rings (SSSR count). The predicted octanol–water partition coefficient (Wildman–Crippen LogP) is 2.94. The minimum absolute atomic E-state index is 0.338. The first-order valence-corrected chi connectivity index (χ1v) is 7.34. The summed E-state index contributed by atoms with van der Waals surface area (Å²) in [6.45, 7) is 0.610. The topological polar surface area (TPSA) is 63.8 Å². The van der Waals surface area contributed by atoms with E-state index in [1.165, 1.54) is 0 Å². The molecule has 20 heavy (non-hydrogen) atoms. The van der Waals surface area contributed by atoms with Gasteiger partial charge >= 0.3 is 0 Å². The number of aromatic nitrogens is 2. The number of anilines is 1. The van der Waals surface area contributed by atoms with E-state index in [0.717, 1.165) is 21.5 Å². The van der Waals surface area contributed by atoms with Gasteiger partial charge < -0.3 is 11.1 Å². The van der Waals surface area contributed by atoms with Gasteiger partial charge in [-0.3, -0.25) is 0 Å². The number of thiazole rings is 1. The van der Waals surface area contributed by atoms with Gasteiger partial charge in [-0.1, -0.05) is 30.4 Å². The number of para-hydroxylation sites is 1. The van der Waals surface area contributed by atoms with Crippen LogP contribution in [0.15, 0.2) is 41.9 Å². The van der Waals surface area contributed by atoms with Gasteiger partial charge in [0.2, 0.25) is 0 Å². The lowest BCUT2D eigenvalue weighted by atomic mass is 10.1. The zero-order chi connectivity index (χ0) is 13.9. The van der Waals surface area contributed by atoms with Crippen LogP contribution in [0.1, 0.15) is 10.6 Å². The first-order chi connectivity index (χ1) is 9.74. The second kappa shape index (κ2) is 5.52. The highest BCUT2D eigenvalue weighted by atomic mass is 32.1. The Balaban J connectivity index is 1.98. The van der Waals surface area contributed by atoms with E-state index in [0.29, 0.717) is 17.4 Å². The van der Waals surface area contributed by atoms with E-state index >= 15 is 0 Å². The summed E-state index contributed by atoms with van der Waals surface area (Å²) in [5.41, 5.74) is 7.46. The van der Waals surface area contributed by atoms with Crippen LogP contribution in [0.3, 0.4) is 0 Å². The third kappa shape index (κ3) is 2.61. The van der Waals surface area contributed by atoms with Gasteiger partial charge in [-0.2, -0.15) is 0 Å². The summed E-state index contributed by atoms with van der Waals surface area (Å²) in [6.07, 6.45) is 1.78. The van der Waals surface area contributed by atoms with Crippen molar-refractivity contribution in [1.82, 2.24) is 9.97 Å². The quantitative estimate of drug-likeness (QED) is 0.725. The highest BCUT2D eigenvalue weighted by molar-refractivity contribution is 7.80. The molecule has 0 bridgehead atoms. The SMILES string of the molecule is NC(=S)c1cc2ccccc2nc1NCc1nccs1. The fourth-order valence-corrected chi connectivity index (χ4v) is 2.65. The highest BCUT2D eigenvalue weighted by Gasteiger charge is 2.09. The molecule has 0 aliphatic carbocycles. The molecule has 6 heteroatoms. The first kappa shape index (κ1) is 13.0. The fourth-order valence-electron chi connectivity index (χ4n) is 1.94. The summed E-state index contributed by atoms with van der Waals surface area (Å²) in [4.78, 5) is 9.16. The molecular weight excluding hydrogens is 288 g/mol. The fraction of sp³-hybridized carbons (Fsp3) is 0.0714. The summed E-state index contributed by atoms with van der Waals surface area (Å²) in [7, 11) is 0. The van der Waals surface area contributed by atoms with Crippen LogP contribution in [0, 0.1) is 0 Å². The molecule has 0 fully saturated rings. The van der Waals surface area contributed by atoms with Gasteiger partial charge in [0, 0.05) is 17.0 Å². The van der Waals surface area contributed by atoms with Crippen LogP contribution in [0.4, 0.5) is 5.82 Å². The highest BCUT2D eigenvalue weighted by Crippen LogP contribution is 2.21. The summed E-state index contributed by atoms with van der Waals surface area (Å²) < 4.78 is 0. The maximum Gasteiger partial charge on any atom is 0.137 e. The standard InChI is InChI=1S/C14H12N4S2/c15-13(19)10-7-9-3-1-2-4-11(9)18-14(10)17-8-12-16-5-6-20-12/h1-7H,8H2,(H2,15,19)(H,17,18). The van der Waals surface area contributed by atoms with Gasteiger partial charge in [0.15, 0.2) is 0 Å². The molecule has 4 nitrogen and oxygen atoms in total. The molecule has 100 valence electrons. The van der Waals surface area contributed by atoms with E-state index in [2.05, 4.69) is 15.3 Å². The van der Waals surface area contributed by atoms with Crippen molar-refractivity contribution >= 4 is 45.3 Å². The van der Waals surface area contributed by atoms with Crippen LogP contribution >= 0.6 is 23.6 Å². The van der Waals surface area contributed by atoms with Crippen LogP contribution in [-0.2, 0) is 6.54 Å². The smallest absolute Gasteiger partial charge is 0.137 e. The Morgan fingerprint density at radius 1 is 1.35 bits per heavy atom. The molecule has 0 saturated carbocycles. The number of hydrogen-bond donors (Lipinski definition) is 2. The van der Waals surface area contributed by atoms with Crippen molar-refractivity contribution in [3.63, 3.8) is 0 Å². The Labute approximate surface area is 125 Å². The second-order valence-corrected chi connectivity index (χ2v) is 5.64. The normalized spacial score (nSPS) is 10.6. The molecule has 0 aliphatic heterocycles. The minimum atomic E-state index is 0.338. The van der Waals surface area contributed by atoms with Crippen molar-refractivity contribution in [3.8, 4) is 0 Å². The summed E-state index contributed by atoms with van der Waals surface area (Å²) in [5, 5.41) is 7.22. The van der Waals surface area contributed by atoms with Gasteiger partial charge in [-0.15, -0.1) is 11.3 Å². The summed E-state index contributed by atoms with van der Waals surface area (Å²) in [6, 6.07) is 9.85. The summed E-state index contributed by atoms with van der Waals surface area (Å²) in [5.74, 6) is 0.700. The Kier molecular flexibility index (Phi) is 3.58. The van der Waals surface area contributed by atoms with Crippen molar-refractivity contribution in [3.05, 3.63) is 52.5 Å². The number of nitrogens with zero attached hydrogens (tertiary/aromatic N) is 2. The molecule has 0 radical (unpaired) electrons. The van der Waals surface area contributed by atoms with E-state index in [-0.39, 0.29) is 0 Å². The lowest BCUT2D eigenvalue weighted by Crippen LogP contribution is -2.14. The Morgan fingerprint density at radius 3 is 2.95 bits per heavy atom. The van der Waals surface area contributed by atoms with Crippen LogP contribution in [0.2, 0.25) is 0 Å². The molecule has 0 saturated heterocycles. The van der Waals surface area contributed by atoms with E-state index in [1.807, 2.05) is 35.7 Å². The molecule has 0 atom stereocenters. The molecule has 0 aliphatic rings. The Hall–Kier alpha value is -2.05. The number of fused-ring (bicyclic) bond motifs is 1. The van der Waals surface area contributed by atoms with Crippen LogP contribution < -0.4 is 11.1 Å². The third-order valence-corrected chi connectivity index (χ3v) is 3.88. The number of hydrogen-bond acceptors (Lipinski definition) is 5. The van der Waals surface area contributed by atoms with E-state index < -0.39 is 0 Å². The summed E-state index contributed by atoms with van der Waals surface area (Å²) >= 11 is 6.71. The number of nitrogens with two attached hydrogens (primary N) is 1. The molecule has 0 unspecified atom stereocenters. The molecule has 3 aromatic rings. The predicted molar refractivity (Wildman–Crippen MR) is 87.1 cm³/mol. The molecule has 1 aromatic carbocycles. The zero-order valence-corrected chi connectivity index (χ0v) is 12.2. The van der Waals surface area contributed by atoms with Crippen LogP contribution in [0.25, 0.3) is 10.9 Å². The molecule has 3 N–H and O–H groups in total. The zero-order valence-electron chi connectivity index (χ0n) is 10.5. The van der Waals surface area contributed by atoms with E-state index in [1.54, 1.807) is 17.5 Å². The van der Waals surface area contributed by atoms with Crippen LogP contribution in [0.5, 0.6) is 0 Å². The molecule has 2 aromatic heterocycles. The van der Waals surface area contributed by atoms with Crippen LogP contribution in [-0.4, -0.2) is 15.0 Å². The monoisotopic (exact) mass is 300 g/mol. The molecule has 0 amide bonds. The average Bonchev–Trinajstić information content (AvgIpc) is 2.97. The van der Waals surface area contributed by atoms with E-state index in [9.17, 15) is 0 Å². The number of thiocarbonyl (C=S) groups is 1. The van der Waals surface area contributed by atoms with Gasteiger partial charge in [0.1, 0.15) is 15.8 Å². The Morgan fingerprint density at radius 2 is 2.20 bits per heavy atom. The van der Waals surface area contributed by atoms with Gasteiger partial charge in [0.25, 0.3) is 0 Å². The Bertz CT molecular complexity index is 753. The minimum Gasteiger partial charge on any atom is -0.389 e. The van der Waals surface area contributed by atoms with Gasteiger partial charge in [0.05, 0.1) is 17.6 Å². The van der Waals surface area contributed by atoms with Crippen molar-refractivity contribution in [2.45, 2.75) is 6.54 Å². The van der Waals surface area contributed by atoms with Crippen molar-refractivity contribution in [2.75, 3.05) is 5.32 Å². The second-order valence-electron chi connectivity index (χ2n) is 4.22. The first-order valence-electron chi connectivity index (χ1n) is 6.06. The molecule has 2 heterocycles. The number of nitrogens with one attached hydrogen (secondary N) is 1. The largest absolute Gasteiger partial charge is 0.389 e. The maximum absolute atomic E-state index is 5.79. The molecular formula is C14H12N4S2. The number of pyridine rings is 1. The van der Waals surface area contributed by atoms with Crippen molar-refractivity contribution < 1.29 is 0 Å². The lowest BCUT2D eigenvalue weighted by molar-refractivity contribution is 1.08. The number of benzene rings is 1. The average molecular weight is 300 g/mol. The number of rotatable bonds is 4.